The second kappa shape index (κ2) is 10.2. The van der Waals surface area contributed by atoms with E-state index in [1.54, 1.807) is 0 Å². The van der Waals surface area contributed by atoms with Gasteiger partial charge in [0.1, 0.15) is 0 Å². The SMILES string of the molecule is CCCn1cc(CN(Cc2cn(CCC)nn2)Cc2cn(CC(C)C)nn2)nn1. The Morgan fingerprint density at radius 1 is 0.724 bits per heavy atom. The molecule has 3 aromatic rings. The monoisotopic (exact) mass is 400 g/mol. The molecule has 0 aliphatic heterocycles. The standard InChI is InChI=1S/C19H32N10/c1-5-7-27-13-17(20-23-27)10-26(11-18-14-28(8-6-2)24-21-18)12-19-15-29(25-22-19)9-16(3)4/h13-16H,5-12H2,1-4H3. The lowest BCUT2D eigenvalue weighted by atomic mass is 10.2. The van der Waals surface area contributed by atoms with Crippen LogP contribution in [0, 0.1) is 5.92 Å². The van der Waals surface area contributed by atoms with Crippen LogP contribution in [0.5, 0.6) is 0 Å². The van der Waals surface area contributed by atoms with Gasteiger partial charge in [-0.3, -0.25) is 18.9 Å². The minimum Gasteiger partial charge on any atom is -0.285 e. The van der Waals surface area contributed by atoms with Gasteiger partial charge in [-0.15, -0.1) is 15.3 Å². The first-order chi connectivity index (χ1) is 14.1. The quantitative estimate of drug-likeness (QED) is 0.459. The highest BCUT2D eigenvalue weighted by atomic mass is 15.4. The maximum absolute atomic E-state index is 4.35. The molecule has 0 unspecified atom stereocenters. The van der Waals surface area contributed by atoms with Crippen molar-refractivity contribution in [3.8, 4) is 0 Å². The highest BCUT2D eigenvalue weighted by Crippen LogP contribution is 2.11. The Kier molecular flexibility index (Phi) is 7.45. The summed E-state index contributed by atoms with van der Waals surface area (Å²) < 4.78 is 5.70. The van der Waals surface area contributed by atoms with Crippen molar-refractivity contribution >= 4 is 0 Å². The zero-order valence-electron chi connectivity index (χ0n) is 17.9. The van der Waals surface area contributed by atoms with Gasteiger partial charge in [0, 0.05) is 57.9 Å². The van der Waals surface area contributed by atoms with Crippen LogP contribution >= 0.6 is 0 Å². The van der Waals surface area contributed by atoms with Crippen molar-refractivity contribution in [1.82, 2.24) is 49.9 Å². The van der Waals surface area contributed by atoms with Gasteiger partial charge in [-0.25, -0.2) is 0 Å². The van der Waals surface area contributed by atoms with Crippen LogP contribution in [0.2, 0.25) is 0 Å². The lowest BCUT2D eigenvalue weighted by molar-refractivity contribution is 0.238. The van der Waals surface area contributed by atoms with Gasteiger partial charge in [-0.05, 0) is 18.8 Å². The van der Waals surface area contributed by atoms with Gasteiger partial charge in [0.15, 0.2) is 0 Å². The molecule has 0 aliphatic rings. The minimum absolute atomic E-state index is 0.530. The molecule has 0 aliphatic carbocycles. The van der Waals surface area contributed by atoms with E-state index in [4.69, 9.17) is 0 Å². The fraction of sp³-hybridized carbons (Fsp3) is 0.684. The first-order valence-corrected chi connectivity index (χ1v) is 10.4. The van der Waals surface area contributed by atoms with Crippen LogP contribution in [0.3, 0.4) is 0 Å². The Morgan fingerprint density at radius 3 is 1.55 bits per heavy atom. The summed E-state index contributed by atoms with van der Waals surface area (Å²) in [5, 5.41) is 25.7. The number of aromatic nitrogens is 9. The Bertz CT molecular complexity index is 816. The van der Waals surface area contributed by atoms with Crippen molar-refractivity contribution in [3.05, 3.63) is 35.7 Å². The molecule has 0 radical (unpaired) electrons. The van der Waals surface area contributed by atoms with Gasteiger partial charge in [-0.1, -0.05) is 43.3 Å². The van der Waals surface area contributed by atoms with E-state index in [1.807, 2.05) is 32.6 Å². The number of nitrogens with zero attached hydrogens (tertiary/aromatic N) is 10. The third-order valence-electron chi connectivity index (χ3n) is 4.37. The van der Waals surface area contributed by atoms with Gasteiger partial charge < -0.3 is 0 Å². The number of hydrogen-bond acceptors (Lipinski definition) is 7. The Hall–Kier alpha value is -2.62. The minimum atomic E-state index is 0.530. The molecule has 29 heavy (non-hydrogen) atoms. The Morgan fingerprint density at radius 2 is 1.14 bits per heavy atom. The maximum Gasteiger partial charge on any atom is 0.0967 e. The second-order valence-electron chi connectivity index (χ2n) is 7.92. The van der Waals surface area contributed by atoms with Crippen LogP contribution in [0.1, 0.15) is 57.6 Å². The summed E-state index contributed by atoms with van der Waals surface area (Å²) in [5.74, 6) is 0.530. The molecule has 0 fully saturated rings. The molecule has 158 valence electrons. The van der Waals surface area contributed by atoms with Crippen molar-refractivity contribution in [1.29, 1.82) is 0 Å². The van der Waals surface area contributed by atoms with Crippen LogP contribution in [-0.4, -0.2) is 49.9 Å². The van der Waals surface area contributed by atoms with E-state index in [9.17, 15) is 0 Å². The maximum atomic E-state index is 4.35. The molecule has 0 bridgehead atoms. The Balaban J connectivity index is 1.71. The summed E-state index contributed by atoms with van der Waals surface area (Å²) in [6.45, 7) is 13.2. The van der Waals surface area contributed by atoms with Gasteiger partial charge in [0.2, 0.25) is 0 Å². The van der Waals surface area contributed by atoms with Crippen LogP contribution in [0.25, 0.3) is 0 Å². The van der Waals surface area contributed by atoms with Gasteiger partial charge in [-0.2, -0.15) is 0 Å². The molecule has 3 heterocycles. The van der Waals surface area contributed by atoms with Crippen molar-refractivity contribution in [2.24, 2.45) is 5.92 Å². The molecule has 10 nitrogen and oxygen atoms in total. The van der Waals surface area contributed by atoms with E-state index >= 15 is 0 Å². The third kappa shape index (κ3) is 6.45. The number of aryl methyl sites for hydroxylation is 2. The van der Waals surface area contributed by atoms with E-state index in [2.05, 4.69) is 63.5 Å². The predicted molar refractivity (Wildman–Crippen MR) is 108 cm³/mol. The summed E-state index contributed by atoms with van der Waals surface area (Å²) in [6.07, 6.45) is 8.12. The second-order valence-corrected chi connectivity index (χ2v) is 7.92. The molecule has 0 atom stereocenters. The highest BCUT2D eigenvalue weighted by Gasteiger charge is 2.15. The normalized spacial score (nSPS) is 11.8. The molecule has 3 aromatic heterocycles. The zero-order valence-corrected chi connectivity index (χ0v) is 17.9. The van der Waals surface area contributed by atoms with Crippen LogP contribution < -0.4 is 0 Å². The van der Waals surface area contributed by atoms with Crippen molar-refractivity contribution in [3.63, 3.8) is 0 Å². The van der Waals surface area contributed by atoms with Crippen LogP contribution in [0.4, 0.5) is 0 Å². The average Bonchev–Trinajstić information content (AvgIpc) is 3.38. The molecular weight excluding hydrogens is 368 g/mol. The van der Waals surface area contributed by atoms with Crippen LogP contribution in [-0.2, 0) is 39.3 Å². The molecular formula is C19H32N10. The summed E-state index contributed by atoms with van der Waals surface area (Å²) >= 11 is 0. The first kappa shape index (κ1) is 21.1. The fourth-order valence-electron chi connectivity index (χ4n) is 3.23. The summed E-state index contributed by atoms with van der Waals surface area (Å²) in [6, 6.07) is 0. The van der Waals surface area contributed by atoms with Crippen molar-refractivity contribution in [2.75, 3.05) is 0 Å². The highest BCUT2D eigenvalue weighted by molar-refractivity contribution is 4.99. The predicted octanol–water partition coefficient (Wildman–Crippen LogP) is 2.14. The van der Waals surface area contributed by atoms with E-state index in [1.165, 1.54) is 0 Å². The third-order valence-corrected chi connectivity index (χ3v) is 4.37. The molecule has 10 heteroatoms. The van der Waals surface area contributed by atoms with Crippen molar-refractivity contribution in [2.45, 2.75) is 79.8 Å². The summed E-state index contributed by atoms with van der Waals surface area (Å²) in [4.78, 5) is 2.25. The average molecular weight is 401 g/mol. The van der Waals surface area contributed by atoms with Gasteiger partial charge in [0.25, 0.3) is 0 Å². The van der Waals surface area contributed by atoms with E-state index in [0.717, 1.165) is 49.6 Å². The molecule has 0 N–H and O–H groups in total. The Labute approximate surface area is 171 Å². The lowest BCUT2D eigenvalue weighted by Gasteiger charge is -2.18. The summed E-state index contributed by atoms with van der Waals surface area (Å²) in [7, 11) is 0. The molecule has 3 rings (SSSR count). The number of rotatable bonds is 12. The van der Waals surface area contributed by atoms with E-state index < -0.39 is 0 Å². The fourth-order valence-corrected chi connectivity index (χ4v) is 3.23. The van der Waals surface area contributed by atoms with Crippen LogP contribution in [0.15, 0.2) is 18.6 Å². The molecule has 0 amide bonds. The molecule has 0 spiro atoms. The number of hydrogen-bond donors (Lipinski definition) is 0. The van der Waals surface area contributed by atoms with Gasteiger partial charge in [0.05, 0.1) is 17.1 Å². The molecule has 0 saturated heterocycles. The summed E-state index contributed by atoms with van der Waals surface area (Å²) in [5.41, 5.74) is 2.82. The molecule has 0 aromatic carbocycles. The van der Waals surface area contributed by atoms with Crippen molar-refractivity contribution < 1.29 is 0 Å². The zero-order chi connectivity index (χ0) is 20.6. The molecule has 0 saturated carbocycles. The largest absolute Gasteiger partial charge is 0.285 e. The van der Waals surface area contributed by atoms with Gasteiger partial charge >= 0.3 is 0 Å². The van der Waals surface area contributed by atoms with E-state index in [0.29, 0.717) is 25.6 Å². The smallest absolute Gasteiger partial charge is 0.0967 e. The lowest BCUT2D eigenvalue weighted by Crippen LogP contribution is -2.23. The first-order valence-electron chi connectivity index (χ1n) is 10.4. The topological polar surface area (TPSA) is 95.4 Å². The van der Waals surface area contributed by atoms with E-state index in [-0.39, 0.29) is 0 Å².